The van der Waals surface area contributed by atoms with Crippen LogP contribution in [0, 0.1) is 0 Å². The Hall–Kier alpha value is -1.38. The Bertz CT molecular complexity index is 214. The number of carboxylic acids is 1. The van der Waals surface area contributed by atoms with E-state index in [1.54, 1.807) is 0 Å². The largest absolute Gasteiger partial charge is 0.478 e. The van der Waals surface area contributed by atoms with Crippen molar-refractivity contribution >= 4 is 12.3 Å². The molecule has 3 heteroatoms. The van der Waals surface area contributed by atoms with Crippen molar-refractivity contribution in [2.24, 2.45) is 0 Å². The third kappa shape index (κ3) is 5.41. The first-order valence-corrected chi connectivity index (χ1v) is 3.76. The van der Waals surface area contributed by atoms with Crippen molar-refractivity contribution in [1.29, 1.82) is 0 Å². The van der Waals surface area contributed by atoms with Crippen LogP contribution < -0.4 is 0 Å². The summed E-state index contributed by atoms with van der Waals surface area (Å²) in [7, 11) is 0. The summed E-state index contributed by atoms with van der Waals surface area (Å²) in [5.41, 5.74) is 0.745. The Kier molecular flexibility index (Phi) is 5.61. The molecule has 0 bridgehead atoms. The average molecular weight is 168 g/mol. The van der Waals surface area contributed by atoms with Gasteiger partial charge in [-0.1, -0.05) is 19.4 Å². The van der Waals surface area contributed by atoms with E-state index in [0.717, 1.165) is 24.5 Å². The van der Waals surface area contributed by atoms with E-state index in [0.29, 0.717) is 6.29 Å². The van der Waals surface area contributed by atoms with Crippen LogP contribution in [0.1, 0.15) is 19.8 Å². The minimum absolute atomic E-state index is 0.664. The number of aldehydes is 1. The van der Waals surface area contributed by atoms with Gasteiger partial charge in [-0.2, -0.15) is 0 Å². The molecule has 0 rings (SSSR count). The van der Waals surface area contributed by atoms with E-state index in [1.165, 1.54) is 12.2 Å². The van der Waals surface area contributed by atoms with Gasteiger partial charge in [0.25, 0.3) is 0 Å². The predicted molar refractivity (Wildman–Crippen MR) is 45.8 cm³/mol. The lowest BCUT2D eigenvalue weighted by Gasteiger charge is -1.94. The topological polar surface area (TPSA) is 54.4 Å². The molecular weight excluding hydrogens is 156 g/mol. The van der Waals surface area contributed by atoms with Crippen LogP contribution in [0.25, 0.3) is 0 Å². The molecule has 0 aromatic carbocycles. The quantitative estimate of drug-likeness (QED) is 0.385. The Morgan fingerprint density at radius 2 is 2.08 bits per heavy atom. The second-order valence-corrected chi connectivity index (χ2v) is 2.30. The van der Waals surface area contributed by atoms with Gasteiger partial charge in [0.2, 0.25) is 0 Å². The van der Waals surface area contributed by atoms with E-state index in [2.05, 4.69) is 0 Å². The van der Waals surface area contributed by atoms with Crippen molar-refractivity contribution < 1.29 is 14.7 Å². The molecule has 0 unspecified atom stereocenters. The average Bonchev–Trinajstić information content (AvgIpc) is 2.01. The fraction of sp³-hybridized carbons (Fsp3) is 0.333. The van der Waals surface area contributed by atoms with E-state index in [-0.39, 0.29) is 0 Å². The van der Waals surface area contributed by atoms with Gasteiger partial charge in [0.15, 0.2) is 0 Å². The highest BCUT2D eigenvalue weighted by atomic mass is 16.4. The van der Waals surface area contributed by atoms with Crippen molar-refractivity contribution in [2.45, 2.75) is 19.8 Å². The number of hydrogen-bond acceptors (Lipinski definition) is 2. The van der Waals surface area contributed by atoms with Gasteiger partial charge < -0.3 is 5.11 Å². The molecule has 0 radical (unpaired) electrons. The van der Waals surface area contributed by atoms with E-state index in [4.69, 9.17) is 5.11 Å². The van der Waals surface area contributed by atoms with Crippen LogP contribution in [-0.4, -0.2) is 17.4 Å². The SMILES string of the molecule is CCCC(/C=C\C(=O)O)=C/C=O. The summed E-state index contributed by atoms with van der Waals surface area (Å²) in [5.74, 6) is -0.997. The van der Waals surface area contributed by atoms with Crippen LogP contribution in [0.4, 0.5) is 0 Å². The van der Waals surface area contributed by atoms with Crippen molar-refractivity contribution in [2.75, 3.05) is 0 Å². The van der Waals surface area contributed by atoms with E-state index < -0.39 is 5.97 Å². The van der Waals surface area contributed by atoms with E-state index >= 15 is 0 Å². The maximum absolute atomic E-state index is 10.1. The van der Waals surface area contributed by atoms with Gasteiger partial charge in [0.05, 0.1) is 0 Å². The monoisotopic (exact) mass is 168 g/mol. The number of carboxylic acid groups (broad SMARTS) is 1. The van der Waals surface area contributed by atoms with Crippen LogP contribution in [0.5, 0.6) is 0 Å². The fourth-order valence-electron chi connectivity index (χ4n) is 0.777. The first-order chi connectivity index (χ1) is 5.70. The molecule has 0 aliphatic heterocycles. The molecule has 1 N–H and O–H groups in total. The molecule has 0 saturated heterocycles. The van der Waals surface area contributed by atoms with Crippen molar-refractivity contribution in [3.05, 3.63) is 23.8 Å². The van der Waals surface area contributed by atoms with Crippen molar-refractivity contribution in [3.8, 4) is 0 Å². The molecule has 66 valence electrons. The molecule has 0 spiro atoms. The Balaban J connectivity index is 4.22. The molecule has 0 aliphatic rings. The highest BCUT2D eigenvalue weighted by Gasteiger charge is 1.91. The van der Waals surface area contributed by atoms with Crippen LogP contribution in [0.3, 0.4) is 0 Å². The Labute approximate surface area is 71.4 Å². The molecule has 0 aromatic heterocycles. The zero-order valence-electron chi connectivity index (χ0n) is 6.99. The van der Waals surface area contributed by atoms with Crippen molar-refractivity contribution in [3.63, 3.8) is 0 Å². The summed E-state index contributed by atoms with van der Waals surface area (Å²) in [4.78, 5) is 20.2. The molecule has 0 fully saturated rings. The third-order valence-corrected chi connectivity index (χ3v) is 1.26. The van der Waals surface area contributed by atoms with Gasteiger partial charge in [0, 0.05) is 6.08 Å². The minimum atomic E-state index is -0.997. The molecular formula is C9H12O3. The Morgan fingerprint density at radius 1 is 1.42 bits per heavy atom. The Morgan fingerprint density at radius 3 is 2.50 bits per heavy atom. The molecule has 3 nitrogen and oxygen atoms in total. The molecule has 0 heterocycles. The molecule has 12 heavy (non-hydrogen) atoms. The molecule has 0 aromatic rings. The molecule has 0 saturated carbocycles. The summed E-state index contributed by atoms with van der Waals surface area (Å²) < 4.78 is 0. The van der Waals surface area contributed by atoms with Crippen LogP contribution in [0.15, 0.2) is 23.8 Å². The molecule has 0 amide bonds. The summed E-state index contributed by atoms with van der Waals surface area (Å²) in [6.07, 6.45) is 6.14. The zero-order valence-corrected chi connectivity index (χ0v) is 6.99. The number of allylic oxidation sites excluding steroid dienone is 3. The summed E-state index contributed by atoms with van der Waals surface area (Å²) >= 11 is 0. The van der Waals surface area contributed by atoms with Gasteiger partial charge in [-0.05, 0) is 18.1 Å². The van der Waals surface area contributed by atoms with Gasteiger partial charge in [-0.25, -0.2) is 4.79 Å². The zero-order chi connectivity index (χ0) is 9.40. The summed E-state index contributed by atoms with van der Waals surface area (Å²) in [6, 6.07) is 0. The highest BCUT2D eigenvalue weighted by Crippen LogP contribution is 2.04. The van der Waals surface area contributed by atoms with Gasteiger partial charge in [-0.15, -0.1) is 0 Å². The lowest BCUT2D eigenvalue weighted by Crippen LogP contribution is -1.87. The van der Waals surface area contributed by atoms with Crippen LogP contribution in [-0.2, 0) is 9.59 Å². The van der Waals surface area contributed by atoms with Crippen LogP contribution in [0.2, 0.25) is 0 Å². The van der Waals surface area contributed by atoms with E-state index in [1.807, 2.05) is 6.92 Å². The fourth-order valence-corrected chi connectivity index (χ4v) is 0.777. The third-order valence-electron chi connectivity index (χ3n) is 1.26. The lowest BCUT2D eigenvalue weighted by atomic mass is 10.1. The smallest absolute Gasteiger partial charge is 0.328 e. The van der Waals surface area contributed by atoms with Crippen LogP contribution >= 0.6 is 0 Å². The summed E-state index contributed by atoms with van der Waals surface area (Å²) in [6.45, 7) is 1.97. The molecule has 0 aliphatic carbocycles. The standard InChI is InChI=1S/C9H12O3/c1-2-3-8(6-7-10)4-5-9(11)12/h4-7H,2-3H2,1H3,(H,11,12)/b5-4-,8-6-. The van der Waals surface area contributed by atoms with Gasteiger partial charge in [0.1, 0.15) is 6.29 Å². The van der Waals surface area contributed by atoms with Gasteiger partial charge >= 0.3 is 5.97 Å². The van der Waals surface area contributed by atoms with E-state index in [9.17, 15) is 9.59 Å². The number of carbonyl (C=O) groups excluding carboxylic acids is 1. The lowest BCUT2D eigenvalue weighted by molar-refractivity contribution is -0.131. The second-order valence-electron chi connectivity index (χ2n) is 2.30. The number of carbonyl (C=O) groups is 2. The number of rotatable bonds is 5. The predicted octanol–water partition coefficient (Wildman–Crippen LogP) is 1.55. The van der Waals surface area contributed by atoms with Crippen molar-refractivity contribution in [1.82, 2.24) is 0 Å². The second kappa shape index (κ2) is 6.34. The van der Waals surface area contributed by atoms with Gasteiger partial charge in [-0.3, -0.25) is 4.79 Å². The molecule has 0 atom stereocenters. The normalized spacial score (nSPS) is 11.9. The number of aliphatic carboxylic acids is 1. The minimum Gasteiger partial charge on any atom is -0.478 e. The maximum atomic E-state index is 10.1. The highest BCUT2D eigenvalue weighted by molar-refractivity contribution is 5.80. The maximum Gasteiger partial charge on any atom is 0.328 e. The first kappa shape index (κ1) is 10.6. The first-order valence-electron chi connectivity index (χ1n) is 3.76. The summed E-state index contributed by atoms with van der Waals surface area (Å²) in [5, 5.41) is 8.30. The number of hydrogen-bond donors (Lipinski definition) is 1.